The molecule has 0 aliphatic heterocycles. The average Bonchev–Trinajstić information content (AvgIpc) is 2.71. The highest BCUT2D eigenvalue weighted by Crippen LogP contribution is 2.28. The number of carbonyl (C=O) groups is 1. The number of amides is 1. The number of aryl methyl sites for hydroxylation is 2. The first-order valence-corrected chi connectivity index (χ1v) is 9.28. The third-order valence-electron chi connectivity index (χ3n) is 4.11. The molecule has 7 heteroatoms. The van der Waals surface area contributed by atoms with Crippen LogP contribution in [0.5, 0.6) is 23.3 Å². The molecule has 0 atom stereocenters. The monoisotopic (exact) mass is 405 g/mol. The maximum absolute atomic E-state index is 12.3. The summed E-state index contributed by atoms with van der Waals surface area (Å²) in [4.78, 5) is 20.8. The zero-order chi connectivity index (χ0) is 21.5. The Morgan fingerprint density at radius 1 is 0.933 bits per heavy atom. The molecule has 2 aromatic carbocycles. The quantitative estimate of drug-likeness (QED) is 0.581. The number of hydrogen-bond donors (Lipinski definition) is 1. The molecular weight excluding hydrogens is 382 g/mol. The highest BCUT2D eigenvalue weighted by atomic mass is 16.5. The Balaban J connectivity index is 1.67. The van der Waals surface area contributed by atoms with Gasteiger partial charge >= 0.3 is 6.01 Å². The second-order valence-electron chi connectivity index (χ2n) is 6.50. The fraction of sp³-hybridized carbons (Fsp3) is 0.174. The lowest BCUT2D eigenvalue weighted by Crippen LogP contribution is -2.07. The molecule has 1 N–H and O–H groups in total. The lowest BCUT2D eigenvalue weighted by molar-refractivity contribution is -0.111. The number of aromatic nitrogens is 2. The van der Waals surface area contributed by atoms with Crippen LogP contribution in [0.25, 0.3) is 6.08 Å². The smallest absolute Gasteiger partial charge is 0.322 e. The van der Waals surface area contributed by atoms with Crippen LogP contribution in [0.3, 0.4) is 0 Å². The normalized spacial score (nSPS) is 10.7. The van der Waals surface area contributed by atoms with Crippen LogP contribution < -0.4 is 19.5 Å². The predicted octanol–water partition coefficient (Wildman–Crippen LogP) is 4.55. The van der Waals surface area contributed by atoms with E-state index in [-0.39, 0.29) is 11.9 Å². The van der Waals surface area contributed by atoms with Crippen LogP contribution in [-0.4, -0.2) is 30.1 Å². The molecule has 0 bridgehead atoms. The molecule has 0 saturated heterocycles. The number of nitrogens with one attached hydrogen (secondary N) is 1. The Labute approximate surface area is 175 Å². The number of ether oxygens (including phenoxy) is 3. The van der Waals surface area contributed by atoms with Gasteiger partial charge in [0, 0.05) is 29.2 Å². The molecular formula is C23H23N3O4. The summed E-state index contributed by atoms with van der Waals surface area (Å²) in [6.07, 6.45) is 3.14. The van der Waals surface area contributed by atoms with Crippen molar-refractivity contribution in [1.82, 2.24) is 9.97 Å². The highest BCUT2D eigenvalue weighted by Gasteiger charge is 2.06. The van der Waals surface area contributed by atoms with Gasteiger partial charge in [0.25, 0.3) is 0 Å². The number of rotatable bonds is 7. The molecule has 0 unspecified atom stereocenters. The van der Waals surface area contributed by atoms with Gasteiger partial charge in [-0.1, -0.05) is 12.1 Å². The zero-order valence-electron chi connectivity index (χ0n) is 17.3. The SMILES string of the molecule is COc1ccc(/C=C/C(=O)Nc2cccc(Oc3nc(C)cc(C)n3)c2)cc1OC. The van der Waals surface area contributed by atoms with E-state index >= 15 is 0 Å². The number of methoxy groups -OCH3 is 2. The topological polar surface area (TPSA) is 82.6 Å². The molecule has 0 aliphatic carbocycles. The molecule has 0 spiro atoms. The molecule has 1 heterocycles. The Morgan fingerprint density at radius 2 is 1.67 bits per heavy atom. The minimum Gasteiger partial charge on any atom is -0.493 e. The first kappa shape index (κ1) is 20.9. The number of carbonyl (C=O) groups excluding carboxylic acids is 1. The van der Waals surface area contributed by atoms with E-state index in [2.05, 4.69) is 15.3 Å². The summed E-state index contributed by atoms with van der Waals surface area (Å²) in [5.41, 5.74) is 3.05. The van der Waals surface area contributed by atoms with Gasteiger partial charge in [0.2, 0.25) is 5.91 Å². The van der Waals surface area contributed by atoms with Crippen molar-refractivity contribution in [2.24, 2.45) is 0 Å². The van der Waals surface area contributed by atoms with Crippen LogP contribution in [-0.2, 0) is 4.79 Å². The molecule has 7 nitrogen and oxygen atoms in total. The Kier molecular flexibility index (Phi) is 6.64. The Morgan fingerprint density at radius 3 is 2.37 bits per heavy atom. The van der Waals surface area contributed by atoms with Gasteiger partial charge in [0.05, 0.1) is 14.2 Å². The molecule has 3 aromatic rings. The minimum atomic E-state index is -0.274. The van der Waals surface area contributed by atoms with Crippen LogP contribution in [0.15, 0.2) is 54.6 Å². The first-order chi connectivity index (χ1) is 14.5. The molecule has 30 heavy (non-hydrogen) atoms. The molecule has 0 radical (unpaired) electrons. The van der Waals surface area contributed by atoms with Gasteiger partial charge in [0.15, 0.2) is 11.5 Å². The third-order valence-corrected chi connectivity index (χ3v) is 4.11. The summed E-state index contributed by atoms with van der Waals surface area (Å²) in [5, 5.41) is 2.81. The fourth-order valence-corrected chi connectivity index (χ4v) is 2.79. The molecule has 154 valence electrons. The van der Waals surface area contributed by atoms with Crippen molar-refractivity contribution < 1.29 is 19.0 Å². The van der Waals surface area contributed by atoms with E-state index in [0.717, 1.165) is 17.0 Å². The van der Waals surface area contributed by atoms with E-state index in [9.17, 15) is 4.79 Å². The van der Waals surface area contributed by atoms with Crippen LogP contribution in [0, 0.1) is 13.8 Å². The van der Waals surface area contributed by atoms with Gasteiger partial charge in [0.1, 0.15) is 5.75 Å². The maximum atomic E-state index is 12.3. The van der Waals surface area contributed by atoms with Gasteiger partial charge in [-0.25, -0.2) is 9.97 Å². The van der Waals surface area contributed by atoms with Gasteiger partial charge in [-0.2, -0.15) is 0 Å². The summed E-state index contributed by atoms with van der Waals surface area (Å²) in [6, 6.07) is 14.6. The second kappa shape index (κ2) is 9.56. The number of nitrogens with zero attached hydrogens (tertiary/aromatic N) is 2. The summed E-state index contributed by atoms with van der Waals surface area (Å²) < 4.78 is 16.2. The van der Waals surface area contributed by atoms with Gasteiger partial charge in [-0.05, 0) is 55.8 Å². The van der Waals surface area contributed by atoms with Crippen LogP contribution in [0.2, 0.25) is 0 Å². The van der Waals surface area contributed by atoms with Gasteiger partial charge < -0.3 is 19.5 Å². The summed E-state index contributed by atoms with van der Waals surface area (Å²) in [5.74, 6) is 1.48. The standard InChI is InChI=1S/C23H23N3O4/c1-15-12-16(2)25-23(24-15)30-19-7-5-6-18(14-19)26-22(27)11-9-17-8-10-20(28-3)21(13-17)29-4/h5-14H,1-4H3,(H,26,27)/b11-9+. The van der Waals surface area contributed by atoms with Crippen molar-refractivity contribution >= 4 is 17.7 Å². The van der Waals surface area contributed by atoms with E-state index in [1.165, 1.54) is 6.08 Å². The van der Waals surface area contributed by atoms with E-state index in [1.807, 2.05) is 26.0 Å². The number of benzene rings is 2. The predicted molar refractivity (Wildman–Crippen MR) is 115 cm³/mol. The molecule has 1 aromatic heterocycles. The third kappa shape index (κ3) is 5.57. The van der Waals surface area contributed by atoms with Crippen molar-refractivity contribution in [2.75, 3.05) is 19.5 Å². The van der Waals surface area contributed by atoms with Crippen LogP contribution >= 0.6 is 0 Å². The fourth-order valence-electron chi connectivity index (χ4n) is 2.79. The molecule has 1 amide bonds. The van der Waals surface area contributed by atoms with Crippen LogP contribution in [0.4, 0.5) is 5.69 Å². The van der Waals surface area contributed by atoms with Crippen molar-refractivity contribution in [3.63, 3.8) is 0 Å². The lowest BCUT2D eigenvalue weighted by atomic mass is 10.2. The number of hydrogen-bond acceptors (Lipinski definition) is 6. The van der Waals surface area contributed by atoms with E-state index in [4.69, 9.17) is 14.2 Å². The lowest BCUT2D eigenvalue weighted by Gasteiger charge is -2.08. The maximum Gasteiger partial charge on any atom is 0.322 e. The van der Waals surface area contributed by atoms with Crippen molar-refractivity contribution in [1.29, 1.82) is 0 Å². The van der Waals surface area contributed by atoms with E-state index in [0.29, 0.717) is 22.9 Å². The minimum absolute atomic E-state index is 0.268. The summed E-state index contributed by atoms with van der Waals surface area (Å²) in [7, 11) is 3.14. The molecule has 3 rings (SSSR count). The second-order valence-corrected chi connectivity index (χ2v) is 6.50. The summed E-state index contributed by atoms with van der Waals surface area (Å²) in [6.45, 7) is 3.76. The zero-order valence-corrected chi connectivity index (χ0v) is 17.3. The Bertz CT molecular complexity index is 1060. The first-order valence-electron chi connectivity index (χ1n) is 9.28. The van der Waals surface area contributed by atoms with E-state index < -0.39 is 0 Å². The average molecular weight is 405 g/mol. The Hall–Kier alpha value is -3.87. The van der Waals surface area contributed by atoms with E-state index in [1.54, 1.807) is 56.7 Å². The molecule has 0 fully saturated rings. The van der Waals surface area contributed by atoms with Crippen molar-refractivity contribution in [2.45, 2.75) is 13.8 Å². The largest absolute Gasteiger partial charge is 0.493 e. The van der Waals surface area contributed by atoms with Crippen LogP contribution in [0.1, 0.15) is 17.0 Å². The molecule has 0 aliphatic rings. The van der Waals surface area contributed by atoms with Gasteiger partial charge in [-0.3, -0.25) is 4.79 Å². The molecule has 0 saturated carbocycles. The van der Waals surface area contributed by atoms with Crippen molar-refractivity contribution in [3.05, 3.63) is 71.6 Å². The summed E-state index contributed by atoms with van der Waals surface area (Å²) >= 11 is 0. The highest BCUT2D eigenvalue weighted by molar-refractivity contribution is 6.02. The van der Waals surface area contributed by atoms with Crippen molar-refractivity contribution in [3.8, 4) is 23.3 Å². The van der Waals surface area contributed by atoms with Gasteiger partial charge in [-0.15, -0.1) is 0 Å². The number of anilines is 1.